The number of carbonyl (C=O) groups is 1. The standard InChI is InChI=1S/C22H29NO3/c1-2-3-7-20(16-19-8-5-4-6-9-19)17-26-22(25)23-15-14-18-10-12-21(24)13-11-18/h4-6,8-13,20,24H,2-3,7,14-17H2,1H3,(H,23,25). The average Bonchev–Trinajstić information content (AvgIpc) is 2.66. The number of hydrogen-bond donors (Lipinski definition) is 2. The molecule has 0 fully saturated rings. The van der Waals surface area contributed by atoms with Crippen LogP contribution in [0.5, 0.6) is 5.75 Å². The zero-order valence-electron chi connectivity index (χ0n) is 15.5. The number of phenols is 1. The van der Waals surface area contributed by atoms with Crippen LogP contribution in [0.4, 0.5) is 4.79 Å². The number of nitrogens with one attached hydrogen (secondary N) is 1. The van der Waals surface area contributed by atoms with Crippen LogP contribution < -0.4 is 5.32 Å². The third-order valence-corrected chi connectivity index (χ3v) is 4.40. The van der Waals surface area contributed by atoms with E-state index in [1.54, 1.807) is 12.1 Å². The van der Waals surface area contributed by atoms with Crippen LogP contribution in [0.1, 0.15) is 37.3 Å². The van der Waals surface area contributed by atoms with Crippen LogP contribution in [0.25, 0.3) is 0 Å². The summed E-state index contributed by atoms with van der Waals surface area (Å²) in [5.74, 6) is 0.595. The van der Waals surface area contributed by atoms with Gasteiger partial charge in [0.1, 0.15) is 5.75 Å². The van der Waals surface area contributed by atoms with E-state index in [9.17, 15) is 9.90 Å². The van der Waals surface area contributed by atoms with Gasteiger partial charge in [-0.2, -0.15) is 0 Å². The molecule has 0 radical (unpaired) electrons. The number of alkyl carbamates (subject to hydrolysis) is 1. The SMILES string of the molecule is CCCCC(COC(=O)NCCc1ccc(O)cc1)Cc1ccccc1. The number of phenolic OH excluding ortho intramolecular Hbond substituents is 1. The lowest BCUT2D eigenvalue weighted by atomic mass is 9.95. The van der Waals surface area contributed by atoms with Crippen molar-refractivity contribution in [2.45, 2.75) is 39.0 Å². The Kier molecular flexibility index (Phi) is 8.53. The van der Waals surface area contributed by atoms with Gasteiger partial charge in [-0.05, 0) is 48.4 Å². The van der Waals surface area contributed by atoms with Crippen LogP contribution in [0.3, 0.4) is 0 Å². The Morgan fingerprint density at radius 2 is 1.81 bits per heavy atom. The molecule has 0 saturated heterocycles. The van der Waals surface area contributed by atoms with Crippen LogP contribution in [-0.2, 0) is 17.6 Å². The van der Waals surface area contributed by atoms with Crippen molar-refractivity contribution in [2.24, 2.45) is 5.92 Å². The highest BCUT2D eigenvalue weighted by Crippen LogP contribution is 2.16. The van der Waals surface area contributed by atoms with Crippen molar-refractivity contribution in [1.29, 1.82) is 0 Å². The summed E-state index contributed by atoms with van der Waals surface area (Å²) in [5.41, 5.74) is 2.35. The van der Waals surface area contributed by atoms with E-state index in [2.05, 4.69) is 24.4 Å². The molecule has 1 amide bonds. The molecule has 2 aromatic rings. The number of hydrogen-bond acceptors (Lipinski definition) is 3. The van der Waals surface area contributed by atoms with E-state index < -0.39 is 0 Å². The predicted molar refractivity (Wildman–Crippen MR) is 104 cm³/mol. The van der Waals surface area contributed by atoms with Crippen molar-refractivity contribution in [1.82, 2.24) is 5.32 Å². The number of rotatable bonds is 10. The zero-order chi connectivity index (χ0) is 18.6. The van der Waals surface area contributed by atoms with Gasteiger partial charge >= 0.3 is 6.09 Å². The van der Waals surface area contributed by atoms with E-state index in [4.69, 9.17) is 4.74 Å². The van der Waals surface area contributed by atoms with Crippen LogP contribution in [0, 0.1) is 5.92 Å². The van der Waals surface area contributed by atoms with Gasteiger partial charge in [0.15, 0.2) is 0 Å². The molecule has 26 heavy (non-hydrogen) atoms. The Morgan fingerprint density at radius 1 is 1.08 bits per heavy atom. The van der Waals surface area contributed by atoms with E-state index in [1.165, 1.54) is 5.56 Å². The minimum atomic E-state index is -0.363. The lowest BCUT2D eigenvalue weighted by Gasteiger charge is -2.17. The summed E-state index contributed by atoms with van der Waals surface area (Å²) in [6.45, 7) is 3.14. The highest BCUT2D eigenvalue weighted by Gasteiger charge is 2.12. The topological polar surface area (TPSA) is 58.6 Å². The Balaban J connectivity index is 1.72. The second kappa shape index (κ2) is 11.2. The molecule has 2 N–H and O–H groups in total. The third kappa shape index (κ3) is 7.60. The summed E-state index contributed by atoms with van der Waals surface area (Å²) in [6.07, 6.45) is 4.62. The minimum Gasteiger partial charge on any atom is -0.508 e. The fourth-order valence-corrected chi connectivity index (χ4v) is 2.90. The van der Waals surface area contributed by atoms with E-state index in [-0.39, 0.29) is 11.8 Å². The van der Waals surface area contributed by atoms with Crippen molar-refractivity contribution in [3.05, 3.63) is 65.7 Å². The van der Waals surface area contributed by atoms with Crippen LogP contribution >= 0.6 is 0 Å². The maximum absolute atomic E-state index is 11.9. The predicted octanol–water partition coefficient (Wildman–Crippen LogP) is 4.71. The Labute approximate surface area is 156 Å². The summed E-state index contributed by atoms with van der Waals surface area (Å²) in [4.78, 5) is 11.9. The molecular formula is C22H29NO3. The molecule has 0 spiro atoms. The van der Waals surface area contributed by atoms with Crippen LogP contribution in [-0.4, -0.2) is 24.4 Å². The van der Waals surface area contributed by atoms with Crippen molar-refractivity contribution in [3.8, 4) is 5.75 Å². The average molecular weight is 355 g/mol. The van der Waals surface area contributed by atoms with Gasteiger partial charge < -0.3 is 15.2 Å². The molecule has 2 aromatic carbocycles. The highest BCUT2D eigenvalue weighted by molar-refractivity contribution is 5.67. The second-order valence-corrected chi connectivity index (χ2v) is 6.64. The van der Waals surface area contributed by atoms with Gasteiger partial charge in [-0.3, -0.25) is 0 Å². The van der Waals surface area contributed by atoms with E-state index in [1.807, 2.05) is 30.3 Å². The van der Waals surface area contributed by atoms with Crippen LogP contribution in [0.2, 0.25) is 0 Å². The molecule has 1 atom stereocenters. The summed E-state index contributed by atoms with van der Waals surface area (Å²) in [5, 5.41) is 12.1. The smallest absolute Gasteiger partial charge is 0.407 e. The fraction of sp³-hybridized carbons (Fsp3) is 0.409. The van der Waals surface area contributed by atoms with E-state index >= 15 is 0 Å². The fourth-order valence-electron chi connectivity index (χ4n) is 2.90. The molecule has 4 heteroatoms. The van der Waals surface area contributed by atoms with Crippen molar-refractivity contribution in [3.63, 3.8) is 0 Å². The molecule has 140 valence electrons. The summed E-state index contributed by atoms with van der Waals surface area (Å²) in [7, 11) is 0. The Morgan fingerprint density at radius 3 is 2.50 bits per heavy atom. The molecule has 0 aliphatic carbocycles. The van der Waals surface area contributed by atoms with E-state index in [0.29, 0.717) is 25.5 Å². The first-order valence-electron chi connectivity index (χ1n) is 9.40. The number of ether oxygens (including phenoxy) is 1. The molecule has 0 aromatic heterocycles. The van der Waals surface area contributed by atoms with Crippen LogP contribution in [0.15, 0.2) is 54.6 Å². The summed E-state index contributed by atoms with van der Waals surface area (Å²) >= 11 is 0. The van der Waals surface area contributed by atoms with Gasteiger partial charge in [-0.15, -0.1) is 0 Å². The number of carbonyl (C=O) groups excluding carboxylic acids is 1. The van der Waals surface area contributed by atoms with Crippen molar-refractivity contribution in [2.75, 3.05) is 13.2 Å². The van der Waals surface area contributed by atoms with Gasteiger partial charge in [0.2, 0.25) is 0 Å². The zero-order valence-corrected chi connectivity index (χ0v) is 15.5. The number of benzene rings is 2. The third-order valence-electron chi connectivity index (χ3n) is 4.40. The number of amides is 1. The first-order chi connectivity index (χ1) is 12.7. The minimum absolute atomic E-state index is 0.248. The van der Waals surface area contributed by atoms with Gasteiger partial charge in [0.05, 0.1) is 6.61 Å². The van der Waals surface area contributed by atoms with Crippen molar-refractivity contribution >= 4 is 6.09 Å². The van der Waals surface area contributed by atoms with Gasteiger partial charge in [-0.25, -0.2) is 4.79 Å². The summed E-state index contributed by atoms with van der Waals surface area (Å²) in [6, 6.07) is 17.3. The van der Waals surface area contributed by atoms with Gasteiger partial charge in [-0.1, -0.05) is 62.2 Å². The largest absolute Gasteiger partial charge is 0.508 e. The second-order valence-electron chi connectivity index (χ2n) is 6.64. The number of aromatic hydroxyl groups is 1. The Bertz CT molecular complexity index is 640. The number of unbranched alkanes of at least 4 members (excludes halogenated alkanes) is 1. The molecule has 1 unspecified atom stereocenters. The monoisotopic (exact) mass is 355 g/mol. The molecule has 0 bridgehead atoms. The molecule has 0 heterocycles. The molecular weight excluding hydrogens is 326 g/mol. The van der Waals surface area contributed by atoms with Gasteiger partial charge in [0.25, 0.3) is 0 Å². The lowest BCUT2D eigenvalue weighted by molar-refractivity contribution is 0.124. The maximum atomic E-state index is 11.9. The quantitative estimate of drug-likeness (QED) is 0.649. The van der Waals surface area contributed by atoms with E-state index in [0.717, 1.165) is 31.2 Å². The maximum Gasteiger partial charge on any atom is 0.407 e. The first-order valence-corrected chi connectivity index (χ1v) is 9.40. The summed E-state index contributed by atoms with van der Waals surface area (Å²) < 4.78 is 5.44. The molecule has 4 nitrogen and oxygen atoms in total. The first kappa shape index (κ1) is 19.8. The van der Waals surface area contributed by atoms with Crippen molar-refractivity contribution < 1.29 is 14.6 Å². The molecule has 0 aliphatic heterocycles. The van der Waals surface area contributed by atoms with Gasteiger partial charge in [0, 0.05) is 6.54 Å². The lowest BCUT2D eigenvalue weighted by Crippen LogP contribution is -2.28. The molecule has 0 aliphatic rings. The Hall–Kier alpha value is -2.49. The molecule has 0 saturated carbocycles. The normalized spacial score (nSPS) is 11.7. The molecule has 2 rings (SSSR count). The highest BCUT2D eigenvalue weighted by atomic mass is 16.5.